The summed E-state index contributed by atoms with van der Waals surface area (Å²) in [5, 5.41) is 13.1. The van der Waals surface area contributed by atoms with Crippen molar-refractivity contribution in [3.05, 3.63) is 60.4 Å². The number of anilines is 1. The summed E-state index contributed by atoms with van der Waals surface area (Å²) in [6.45, 7) is -0.255. The van der Waals surface area contributed by atoms with Gasteiger partial charge in [0.05, 0.1) is 28.9 Å². The number of carboxylic acids is 1. The predicted octanol–water partition coefficient (Wildman–Crippen LogP) is 3.93. The average molecular weight is 495 g/mol. The summed E-state index contributed by atoms with van der Waals surface area (Å²) >= 11 is 0. The molecular formula is C22H20F3N3O5S. The van der Waals surface area contributed by atoms with Crippen LogP contribution in [-0.2, 0) is 28.0 Å². The monoisotopic (exact) mass is 495 g/mol. The Morgan fingerprint density at radius 3 is 2.62 bits per heavy atom. The van der Waals surface area contributed by atoms with Gasteiger partial charge in [-0.15, -0.1) is 0 Å². The third-order valence-electron chi connectivity index (χ3n) is 5.36. The summed E-state index contributed by atoms with van der Waals surface area (Å²) in [4.78, 5) is 10.5. The number of ether oxygens (including phenoxy) is 1. The van der Waals surface area contributed by atoms with Gasteiger partial charge in [-0.05, 0) is 42.3 Å². The zero-order valence-electron chi connectivity index (χ0n) is 17.9. The van der Waals surface area contributed by atoms with Crippen LogP contribution in [0.5, 0.6) is 5.75 Å². The lowest BCUT2D eigenvalue weighted by Gasteiger charge is -2.35. The van der Waals surface area contributed by atoms with E-state index in [-0.39, 0.29) is 30.8 Å². The molecule has 34 heavy (non-hydrogen) atoms. The topological polar surface area (TPSA) is 102 Å². The standard InChI is InChI=1S/C22H20F3N3O5S/c1-27-12-15(11-26-27)14-5-7-20-19(9-14)28(13-17(33-20)6-8-21(29)30)34(31,32)18-4-2-3-16(10-18)22(23,24)25/h2-5,7,9-12,17H,6,8,13H2,1H3,(H,29,30). The molecular weight excluding hydrogens is 475 g/mol. The number of carboxylic acid groups (broad SMARTS) is 1. The number of rotatable bonds is 6. The summed E-state index contributed by atoms with van der Waals surface area (Å²) in [7, 11) is -2.71. The summed E-state index contributed by atoms with van der Waals surface area (Å²) in [5.74, 6) is -0.890. The highest BCUT2D eigenvalue weighted by Gasteiger charge is 2.37. The van der Waals surface area contributed by atoms with Crippen molar-refractivity contribution in [3.63, 3.8) is 0 Å². The van der Waals surface area contributed by atoms with Gasteiger partial charge in [-0.3, -0.25) is 13.8 Å². The molecule has 2 aromatic carbocycles. The van der Waals surface area contributed by atoms with Crippen molar-refractivity contribution in [2.75, 3.05) is 10.8 Å². The molecule has 0 bridgehead atoms. The van der Waals surface area contributed by atoms with Crippen LogP contribution in [0.2, 0.25) is 0 Å². The molecule has 0 spiro atoms. The highest BCUT2D eigenvalue weighted by molar-refractivity contribution is 7.92. The number of nitrogens with zero attached hydrogens (tertiary/aromatic N) is 3. The molecule has 0 saturated carbocycles. The van der Waals surface area contributed by atoms with Gasteiger partial charge in [0.15, 0.2) is 0 Å². The molecule has 1 aliphatic rings. The molecule has 2 heterocycles. The van der Waals surface area contributed by atoms with Gasteiger partial charge in [-0.2, -0.15) is 18.3 Å². The molecule has 1 aliphatic heterocycles. The lowest BCUT2D eigenvalue weighted by atomic mass is 10.1. The van der Waals surface area contributed by atoms with E-state index in [1.54, 1.807) is 42.3 Å². The van der Waals surface area contributed by atoms with Gasteiger partial charge in [0.25, 0.3) is 10.0 Å². The number of benzene rings is 2. The molecule has 4 rings (SSSR count). The minimum atomic E-state index is -4.72. The average Bonchev–Trinajstić information content (AvgIpc) is 3.22. The number of aliphatic carboxylic acids is 1. The van der Waals surface area contributed by atoms with Crippen LogP contribution in [-0.4, -0.2) is 41.9 Å². The maximum atomic E-state index is 13.5. The van der Waals surface area contributed by atoms with E-state index in [4.69, 9.17) is 9.84 Å². The second-order valence-corrected chi connectivity index (χ2v) is 9.68. The summed E-state index contributed by atoms with van der Waals surface area (Å²) in [5.41, 5.74) is 0.386. The molecule has 0 fully saturated rings. The van der Waals surface area contributed by atoms with Crippen molar-refractivity contribution in [1.29, 1.82) is 0 Å². The number of halogens is 3. The molecule has 1 atom stereocenters. The predicted molar refractivity (Wildman–Crippen MR) is 116 cm³/mol. The fourth-order valence-electron chi connectivity index (χ4n) is 3.68. The van der Waals surface area contributed by atoms with Crippen LogP contribution >= 0.6 is 0 Å². The maximum Gasteiger partial charge on any atom is 0.416 e. The van der Waals surface area contributed by atoms with Crippen molar-refractivity contribution in [3.8, 4) is 16.9 Å². The molecule has 0 radical (unpaired) electrons. The quantitative estimate of drug-likeness (QED) is 0.556. The first-order chi connectivity index (χ1) is 15.9. The second-order valence-electron chi connectivity index (χ2n) is 7.82. The number of hydrogen-bond acceptors (Lipinski definition) is 5. The van der Waals surface area contributed by atoms with Gasteiger partial charge >= 0.3 is 12.1 Å². The number of sulfonamides is 1. The van der Waals surface area contributed by atoms with Gasteiger partial charge < -0.3 is 9.84 Å². The van der Waals surface area contributed by atoms with E-state index in [0.29, 0.717) is 17.2 Å². The van der Waals surface area contributed by atoms with Crippen LogP contribution < -0.4 is 9.04 Å². The van der Waals surface area contributed by atoms with Crippen LogP contribution in [0.4, 0.5) is 18.9 Å². The summed E-state index contributed by atoms with van der Waals surface area (Å²) < 4.78 is 75.1. The molecule has 1 N–H and O–H groups in total. The van der Waals surface area contributed by atoms with Gasteiger partial charge in [-0.1, -0.05) is 12.1 Å². The second kappa shape index (κ2) is 8.67. The van der Waals surface area contributed by atoms with Crippen LogP contribution in [0.1, 0.15) is 18.4 Å². The Morgan fingerprint density at radius 1 is 1.21 bits per heavy atom. The number of aromatic nitrogens is 2. The number of alkyl halides is 3. The van der Waals surface area contributed by atoms with Crippen molar-refractivity contribution in [2.45, 2.75) is 30.0 Å². The number of hydrogen-bond donors (Lipinski definition) is 1. The van der Waals surface area contributed by atoms with Gasteiger partial charge in [0, 0.05) is 25.2 Å². The minimum Gasteiger partial charge on any atom is -0.486 e. The lowest BCUT2D eigenvalue weighted by Crippen LogP contribution is -2.43. The molecule has 1 unspecified atom stereocenters. The first-order valence-corrected chi connectivity index (χ1v) is 11.6. The van der Waals surface area contributed by atoms with Crippen molar-refractivity contribution in [2.24, 2.45) is 7.05 Å². The smallest absolute Gasteiger partial charge is 0.416 e. The fourth-order valence-corrected chi connectivity index (χ4v) is 5.23. The Bertz CT molecular complexity index is 1340. The highest BCUT2D eigenvalue weighted by Crippen LogP contribution is 2.41. The molecule has 0 amide bonds. The van der Waals surface area contributed by atoms with Crippen LogP contribution in [0, 0.1) is 0 Å². The van der Waals surface area contributed by atoms with E-state index in [9.17, 15) is 26.4 Å². The molecule has 180 valence electrons. The Hall–Kier alpha value is -3.54. The number of carbonyl (C=O) groups is 1. The zero-order valence-corrected chi connectivity index (χ0v) is 18.7. The third kappa shape index (κ3) is 4.72. The van der Waals surface area contributed by atoms with E-state index in [1.807, 2.05) is 0 Å². The van der Waals surface area contributed by atoms with E-state index >= 15 is 0 Å². The first-order valence-electron chi connectivity index (χ1n) is 10.2. The number of aryl methyl sites for hydroxylation is 1. The molecule has 0 aliphatic carbocycles. The van der Waals surface area contributed by atoms with Gasteiger partial charge in [-0.25, -0.2) is 8.42 Å². The number of fused-ring (bicyclic) bond motifs is 1. The zero-order chi connectivity index (χ0) is 24.7. The van der Waals surface area contributed by atoms with Crippen molar-refractivity contribution >= 4 is 21.7 Å². The Labute approximate surface area is 193 Å². The first kappa shape index (κ1) is 23.6. The maximum absolute atomic E-state index is 13.5. The largest absolute Gasteiger partial charge is 0.486 e. The van der Waals surface area contributed by atoms with Crippen molar-refractivity contribution < 1.29 is 36.2 Å². The molecule has 3 aromatic rings. The van der Waals surface area contributed by atoms with E-state index in [1.165, 1.54) is 0 Å². The minimum absolute atomic E-state index is 0.0216. The van der Waals surface area contributed by atoms with Gasteiger partial charge in [0.2, 0.25) is 0 Å². The van der Waals surface area contributed by atoms with Crippen LogP contribution in [0.3, 0.4) is 0 Å². The van der Waals surface area contributed by atoms with E-state index in [0.717, 1.165) is 22.5 Å². The van der Waals surface area contributed by atoms with Crippen molar-refractivity contribution in [1.82, 2.24) is 9.78 Å². The fraction of sp³-hybridized carbons (Fsp3) is 0.273. The SMILES string of the molecule is Cn1cc(-c2ccc3c(c2)N(S(=O)(=O)c2cccc(C(F)(F)F)c2)CC(CCC(=O)O)O3)cn1. The van der Waals surface area contributed by atoms with E-state index < -0.39 is 38.7 Å². The normalized spacial score (nSPS) is 16.1. The van der Waals surface area contributed by atoms with E-state index in [2.05, 4.69) is 5.10 Å². The Kier molecular flexibility index (Phi) is 6.02. The Balaban J connectivity index is 1.80. The molecule has 12 heteroatoms. The summed E-state index contributed by atoms with van der Waals surface area (Å²) in [6.07, 6.45) is -2.43. The Morgan fingerprint density at radius 2 is 1.97 bits per heavy atom. The summed E-state index contributed by atoms with van der Waals surface area (Å²) in [6, 6.07) is 8.32. The van der Waals surface area contributed by atoms with Crippen LogP contribution in [0.25, 0.3) is 11.1 Å². The van der Waals surface area contributed by atoms with Crippen LogP contribution in [0.15, 0.2) is 59.8 Å². The third-order valence-corrected chi connectivity index (χ3v) is 7.13. The van der Waals surface area contributed by atoms with Gasteiger partial charge in [0.1, 0.15) is 11.9 Å². The lowest BCUT2D eigenvalue weighted by molar-refractivity contribution is -0.138. The molecule has 1 aromatic heterocycles. The molecule has 0 saturated heterocycles. The molecule has 8 nitrogen and oxygen atoms in total. The highest BCUT2D eigenvalue weighted by atomic mass is 32.2.